The standard InChI is InChI=1S/C35H40O6/c1-18(2)28-20(4)26(21(5)36)31(39)35(41)32(40)29-30(38)27-24(16-33(29,6)17-34(28,35)7)23(14-15-25(27)37)13-12-22-10-8-19(3)9-11-22/h8-11,14-15,18,26,29,37,41H,12-13,16-17H2,1-7H3/t26?,29?,33-,34-,35+/m0/s1. The van der Waals surface area contributed by atoms with Crippen LogP contribution in [-0.2, 0) is 33.6 Å². The van der Waals surface area contributed by atoms with Crippen molar-refractivity contribution in [1.82, 2.24) is 0 Å². The molecule has 6 nitrogen and oxygen atoms in total. The number of benzene rings is 2. The van der Waals surface area contributed by atoms with Crippen molar-refractivity contribution >= 4 is 23.1 Å². The molecule has 0 heterocycles. The quantitative estimate of drug-likeness (QED) is 0.381. The molecule has 2 aromatic rings. The largest absolute Gasteiger partial charge is 0.507 e. The van der Waals surface area contributed by atoms with Crippen LogP contribution in [0.4, 0.5) is 0 Å². The van der Waals surface area contributed by atoms with Crippen LogP contribution >= 0.6 is 0 Å². The SMILES string of the molecule is CC(=O)C1C(=O)[C@@]2(O)C(=O)C3C(=O)c4c(O)ccc(CCc5ccc(C)cc5)c4C[C@@]3(C)C[C@@]2(C)C(C(C)C)=C1C. The van der Waals surface area contributed by atoms with E-state index in [4.69, 9.17) is 0 Å². The van der Waals surface area contributed by atoms with Gasteiger partial charge in [0.1, 0.15) is 17.5 Å². The topological polar surface area (TPSA) is 109 Å². The summed E-state index contributed by atoms with van der Waals surface area (Å²) in [6.07, 6.45) is 1.97. The Morgan fingerprint density at radius 3 is 2.20 bits per heavy atom. The molecule has 2 N–H and O–H groups in total. The van der Waals surface area contributed by atoms with Crippen molar-refractivity contribution in [3.05, 3.63) is 75.4 Å². The lowest BCUT2D eigenvalue weighted by atomic mass is 9.41. The minimum Gasteiger partial charge on any atom is -0.507 e. The first-order valence-electron chi connectivity index (χ1n) is 14.5. The number of hydrogen-bond donors (Lipinski definition) is 2. The Labute approximate surface area is 241 Å². The third kappa shape index (κ3) is 4.01. The minimum absolute atomic E-state index is 0.108. The summed E-state index contributed by atoms with van der Waals surface area (Å²) >= 11 is 0. The zero-order valence-electron chi connectivity index (χ0n) is 25.1. The fourth-order valence-electron chi connectivity index (χ4n) is 8.67. The molecule has 3 aliphatic carbocycles. The van der Waals surface area contributed by atoms with E-state index in [2.05, 4.69) is 24.3 Å². The van der Waals surface area contributed by atoms with Crippen LogP contribution in [0.3, 0.4) is 0 Å². The Balaban J connectivity index is 1.65. The highest BCUT2D eigenvalue weighted by molar-refractivity contribution is 6.27. The third-order valence-electron chi connectivity index (χ3n) is 10.2. The van der Waals surface area contributed by atoms with Gasteiger partial charge < -0.3 is 10.2 Å². The van der Waals surface area contributed by atoms with Gasteiger partial charge in [0.05, 0.1) is 11.5 Å². The monoisotopic (exact) mass is 556 g/mol. The van der Waals surface area contributed by atoms with Gasteiger partial charge in [-0.3, -0.25) is 19.2 Å². The number of fused-ring (bicyclic) bond motifs is 3. The number of allylic oxidation sites excluding steroid dienone is 1. The van der Waals surface area contributed by atoms with E-state index in [0.717, 1.165) is 28.7 Å². The average molecular weight is 557 g/mol. The van der Waals surface area contributed by atoms with E-state index in [0.29, 0.717) is 18.4 Å². The minimum atomic E-state index is -2.52. The Kier molecular flexibility index (Phi) is 6.81. The number of aryl methyl sites for hydroxylation is 3. The Morgan fingerprint density at radius 2 is 1.61 bits per heavy atom. The van der Waals surface area contributed by atoms with Crippen molar-refractivity contribution in [3.63, 3.8) is 0 Å². The summed E-state index contributed by atoms with van der Waals surface area (Å²) in [5, 5.41) is 23.1. The van der Waals surface area contributed by atoms with Crippen molar-refractivity contribution < 1.29 is 29.4 Å². The van der Waals surface area contributed by atoms with E-state index in [1.807, 2.05) is 33.8 Å². The van der Waals surface area contributed by atoms with Crippen LogP contribution in [0, 0.1) is 35.5 Å². The molecule has 3 aliphatic rings. The molecule has 1 fully saturated rings. The number of aromatic hydroxyl groups is 1. The molecule has 41 heavy (non-hydrogen) atoms. The number of Topliss-reactive ketones (excluding diaryl/α,β-unsaturated/α-hetero) is 4. The third-order valence-corrected chi connectivity index (χ3v) is 10.2. The molecular formula is C35H40O6. The Bertz CT molecular complexity index is 1530. The normalized spacial score (nSPS) is 31.2. The molecule has 0 spiro atoms. The lowest BCUT2D eigenvalue weighted by molar-refractivity contribution is -0.183. The maximum absolute atomic E-state index is 14.4. The number of phenolic OH excluding ortho intramolecular Hbond substituents is 1. The van der Waals surface area contributed by atoms with Gasteiger partial charge in [-0.1, -0.05) is 74.7 Å². The molecule has 0 amide bonds. The molecule has 0 saturated heterocycles. The number of phenols is 1. The summed E-state index contributed by atoms with van der Waals surface area (Å²) in [6.45, 7) is 12.6. The zero-order valence-corrected chi connectivity index (χ0v) is 25.1. The number of hydrogen-bond acceptors (Lipinski definition) is 6. The van der Waals surface area contributed by atoms with Crippen LogP contribution in [0.15, 0.2) is 47.5 Å². The first-order valence-corrected chi connectivity index (χ1v) is 14.5. The second kappa shape index (κ2) is 9.59. The maximum atomic E-state index is 14.4. The van der Waals surface area contributed by atoms with Crippen LogP contribution < -0.4 is 0 Å². The molecule has 0 radical (unpaired) electrons. The summed E-state index contributed by atoms with van der Waals surface area (Å²) in [6, 6.07) is 11.7. The molecular weight excluding hydrogens is 516 g/mol. The number of aliphatic hydroxyl groups is 1. The predicted molar refractivity (Wildman–Crippen MR) is 156 cm³/mol. The number of carbonyl (C=O) groups is 4. The smallest absolute Gasteiger partial charge is 0.192 e. The van der Waals surface area contributed by atoms with Crippen molar-refractivity contribution in [1.29, 1.82) is 0 Å². The summed E-state index contributed by atoms with van der Waals surface area (Å²) in [4.78, 5) is 55.2. The molecule has 6 heteroatoms. The van der Waals surface area contributed by atoms with Crippen molar-refractivity contribution in [2.75, 3.05) is 0 Å². The van der Waals surface area contributed by atoms with Crippen molar-refractivity contribution in [2.45, 2.75) is 79.8 Å². The van der Waals surface area contributed by atoms with E-state index in [1.54, 1.807) is 13.8 Å². The van der Waals surface area contributed by atoms with Crippen LogP contribution in [0.5, 0.6) is 5.75 Å². The molecule has 2 unspecified atom stereocenters. The van der Waals surface area contributed by atoms with Gasteiger partial charge in [0.15, 0.2) is 23.0 Å². The molecule has 2 aromatic carbocycles. The molecule has 216 valence electrons. The van der Waals surface area contributed by atoms with Gasteiger partial charge in [-0.25, -0.2) is 0 Å². The summed E-state index contributed by atoms with van der Waals surface area (Å²) in [7, 11) is 0. The van der Waals surface area contributed by atoms with Gasteiger partial charge in [-0.15, -0.1) is 0 Å². The molecule has 0 aliphatic heterocycles. The van der Waals surface area contributed by atoms with Crippen LogP contribution in [0.1, 0.15) is 80.6 Å². The Morgan fingerprint density at radius 1 is 0.976 bits per heavy atom. The number of ketones is 4. The molecule has 0 aromatic heterocycles. The maximum Gasteiger partial charge on any atom is 0.192 e. The van der Waals surface area contributed by atoms with Gasteiger partial charge >= 0.3 is 0 Å². The second-order valence-corrected chi connectivity index (χ2v) is 13.5. The highest BCUT2D eigenvalue weighted by atomic mass is 16.3. The summed E-state index contributed by atoms with van der Waals surface area (Å²) in [5.41, 5.74) is 0.755. The summed E-state index contributed by atoms with van der Waals surface area (Å²) < 4.78 is 0. The second-order valence-electron chi connectivity index (χ2n) is 13.5. The predicted octanol–water partition coefficient (Wildman–Crippen LogP) is 5.32. The van der Waals surface area contributed by atoms with E-state index >= 15 is 0 Å². The van der Waals surface area contributed by atoms with Crippen LogP contribution in [-0.4, -0.2) is 38.9 Å². The highest BCUT2D eigenvalue weighted by Gasteiger charge is 2.73. The molecule has 0 bridgehead atoms. The van der Waals surface area contributed by atoms with Gasteiger partial charge in [-0.2, -0.15) is 0 Å². The van der Waals surface area contributed by atoms with Crippen molar-refractivity contribution in [3.8, 4) is 5.75 Å². The van der Waals surface area contributed by atoms with E-state index in [1.165, 1.54) is 18.6 Å². The van der Waals surface area contributed by atoms with E-state index < -0.39 is 51.4 Å². The molecule has 5 rings (SSSR count). The van der Waals surface area contributed by atoms with Crippen molar-refractivity contribution in [2.24, 2.45) is 28.6 Å². The van der Waals surface area contributed by atoms with Crippen LogP contribution in [0.2, 0.25) is 0 Å². The fraction of sp³-hybridized carbons (Fsp3) is 0.486. The first-order chi connectivity index (χ1) is 19.1. The van der Waals surface area contributed by atoms with Gasteiger partial charge in [0.25, 0.3) is 0 Å². The zero-order chi connectivity index (χ0) is 30.2. The van der Waals surface area contributed by atoms with Crippen LogP contribution in [0.25, 0.3) is 0 Å². The van der Waals surface area contributed by atoms with Gasteiger partial charge in [0.2, 0.25) is 0 Å². The Hall–Kier alpha value is -3.38. The summed E-state index contributed by atoms with van der Waals surface area (Å²) in [5.74, 6) is -5.57. The average Bonchev–Trinajstić information content (AvgIpc) is 2.86. The number of carbonyl (C=O) groups excluding carboxylic acids is 4. The molecule has 5 atom stereocenters. The number of rotatable bonds is 5. The molecule has 1 saturated carbocycles. The van der Waals surface area contributed by atoms with E-state index in [-0.39, 0.29) is 23.7 Å². The fourth-order valence-corrected chi connectivity index (χ4v) is 8.67. The van der Waals surface area contributed by atoms with E-state index in [9.17, 15) is 29.4 Å². The van der Waals surface area contributed by atoms with Gasteiger partial charge in [-0.05, 0) is 80.5 Å². The first kappa shape index (κ1) is 29.1. The van der Waals surface area contributed by atoms with Gasteiger partial charge in [0, 0.05) is 5.41 Å². The highest BCUT2D eigenvalue weighted by Crippen LogP contribution is 2.64. The lowest BCUT2D eigenvalue weighted by Gasteiger charge is -2.60. The lowest BCUT2D eigenvalue weighted by Crippen LogP contribution is -2.73.